The summed E-state index contributed by atoms with van der Waals surface area (Å²) in [5.41, 5.74) is 2.32. The van der Waals surface area contributed by atoms with Crippen LogP contribution < -0.4 is 10.6 Å². The summed E-state index contributed by atoms with van der Waals surface area (Å²) in [6.07, 6.45) is 6.10. The first kappa shape index (κ1) is 20.5. The van der Waals surface area contributed by atoms with Crippen LogP contribution in [0.4, 0.5) is 4.79 Å². The van der Waals surface area contributed by atoms with Crippen molar-refractivity contribution >= 4 is 23.8 Å². The molecule has 3 aliphatic rings. The summed E-state index contributed by atoms with van der Waals surface area (Å²) >= 11 is 0. The molecule has 1 aromatic rings. The van der Waals surface area contributed by atoms with Gasteiger partial charge in [0, 0.05) is 38.2 Å². The number of hydrogen-bond donors (Lipinski definition) is 2. The zero-order chi connectivity index (χ0) is 21.3. The number of carbonyl (C=O) groups excluding carboxylic acids is 4. The second-order valence-electron chi connectivity index (χ2n) is 8.46. The molecule has 2 fully saturated rings. The maximum Gasteiger partial charge on any atom is 0.324 e. The molecule has 2 aliphatic heterocycles. The van der Waals surface area contributed by atoms with E-state index in [2.05, 4.69) is 10.6 Å². The van der Waals surface area contributed by atoms with Gasteiger partial charge in [-0.3, -0.25) is 29.5 Å². The topological polar surface area (TPSA) is 98.8 Å². The highest BCUT2D eigenvalue weighted by Crippen LogP contribution is 2.30. The van der Waals surface area contributed by atoms with E-state index in [1.165, 1.54) is 13.5 Å². The van der Waals surface area contributed by atoms with Crippen molar-refractivity contribution in [3.63, 3.8) is 0 Å². The Morgan fingerprint density at radius 1 is 1.10 bits per heavy atom. The molecule has 1 unspecified atom stereocenters. The molecule has 0 radical (unpaired) electrons. The molecule has 1 aliphatic carbocycles. The van der Waals surface area contributed by atoms with Crippen molar-refractivity contribution < 1.29 is 19.2 Å². The molecular formula is C22H28N4O4. The van der Waals surface area contributed by atoms with Gasteiger partial charge in [-0.05, 0) is 36.5 Å². The Bertz CT molecular complexity index is 878. The van der Waals surface area contributed by atoms with Gasteiger partial charge >= 0.3 is 6.03 Å². The first-order valence-corrected chi connectivity index (χ1v) is 10.7. The zero-order valence-corrected chi connectivity index (χ0v) is 17.3. The van der Waals surface area contributed by atoms with Crippen LogP contribution in [0.15, 0.2) is 18.2 Å². The molecule has 0 spiro atoms. The van der Waals surface area contributed by atoms with Crippen LogP contribution in [0.3, 0.4) is 0 Å². The van der Waals surface area contributed by atoms with Crippen LogP contribution in [0.5, 0.6) is 0 Å². The van der Waals surface area contributed by atoms with E-state index in [0.717, 1.165) is 41.7 Å². The monoisotopic (exact) mass is 412 g/mol. The van der Waals surface area contributed by atoms with Crippen LogP contribution in [0.25, 0.3) is 0 Å². The first-order chi connectivity index (χ1) is 14.4. The second kappa shape index (κ2) is 8.55. The summed E-state index contributed by atoms with van der Waals surface area (Å²) in [6, 6.07) is 4.87. The highest BCUT2D eigenvalue weighted by Gasteiger charge is 2.36. The van der Waals surface area contributed by atoms with E-state index in [4.69, 9.17) is 0 Å². The lowest BCUT2D eigenvalue weighted by Gasteiger charge is -2.29. The minimum Gasteiger partial charge on any atom is -0.335 e. The third-order valence-corrected chi connectivity index (χ3v) is 6.43. The van der Waals surface area contributed by atoms with Gasteiger partial charge in [-0.15, -0.1) is 0 Å². The number of benzene rings is 1. The van der Waals surface area contributed by atoms with Crippen LogP contribution in [-0.2, 0) is 22.7 Å². The van der Waals surface area contributed by atoms with Gasteiger partial charge in [-0.2, -0.15) is 0 Å². The van der Waals surface area contributed by atoms with Crippen molar-refractivity contribution in [1.29, 1.82) is 0 Å². The number of imide groups is 2. The number of rotatable bonds is 3. The van der Waals surface area contributed by atoms with Crippen molar-refractivity contribution in [2.75, 3.05) is 7.05 Å². The summed E-state index contributed by atoms with van der Waals surface area (Å²) in [5, 5.41) is 5.37. The summed E-state index contributed by atoms with van der Waals surface area (Å²) in [7, 11) is 1.51. The molecule has 2 N–H and O–H groups in total. The average molecular weight is 412 g/mol. The number of nitrogens with one attached hydrogen (secondary N) is 2. The predicted molar refractivity (Wildman–Crippen MR) is 109 cm³/mol. The Kier molecular flexibility index (Phi) is 5.85. The van der Waals surface area contributed by atoms with Gasteiger partial charge < -0.3 is 5.32 Å². The third kappa shape index (κ3) is 4.09. The summed E-state index contributed by atoms with van der Waals surface area (Å²) in [4.78, 5) is 52.5. The lowest BCUT2D eigenvalue weighted by atomic mass is 9.96. The van der Waals surface area contributed by atoms with E-state index in [9.17, 15) is 19.2 Å². The van der Waals surface area contributed by atoms with Gasteiger partial charge in [-0.1, -0.05) is 31.4 Å². The van der Waals surface area contributed by atoms with Gasteiger partial charge in [0.2, 0.25) is 11.8 Å². The molecule has 160 valence electrons. The molecule has 0 aromatic heterocycles. The lowest BCUT2D eigenvalue weighted by Crippen LogP contribution is -2.50. The molecule has 8 heteroatoms. The van der Waals surface area contributed by atoms with Crippen molar-refractivity contribution in [2.45, 2.75) is 70.1 Å². The van der Waals surface area contributed by atoms with Gasteiger partial charge in [-0.25, -0.2) is 4.79 Å². The fourth-order valence-electron chi connectivity index (χ4n) is 4.69. The van der Waals surface area contributed by atoms with Crippen molar-refractivity contribution in [2.24, 2.45) is 0 Å². The lowest BCUT2D eigenvalue weighted by molar-refractivity contribution is -0.137. The summed E-state index contributed by atoms with van der Waals surface area (Å²) in [5.74, 6) is -0.865. The fraction of sp³-hybridized carbons (Fsp3) is 0.545. The second-order valence-corrected chi connectivity index (χ2v) is 8.46. The zero-order valence-electron chi connectivity index (χ0n) is 17.3. The van der Waals surface area contributed by atoms with Gasteiger partial charge in [0.25, 0.3) is 5.91 Å². The van der Waals surface area contributed by atoms with E-state index < -0.39 is 0 Å². The van der Waals surface area contributed by atoms with Gasteiger partial charge in [0.15, 0.2) is 0 Å². The molecule has 4 rings (SSSR count). The van der Waals surface area contributed by atoms with Crippen LogP contribution in [0.2, 0.25) is 0 Å². The van der Waals surface area contributed by atoms with Crippen LogP contribution in [0, 0.1) is 0 Å². The van der Waals surface area contributed by atoms with E-state index in [1.807, 2.05) is 17.0 Å². The SMILES string of the molecule is CN(C(=O)NC1CCCCC1)C(=O)c1cccc2c1CN(C1CCC(=O)NC1=O)C2. The Hall–Kier alpha value is -2.74. The van der Waals surface area contributed by atoms with Crippen LogP contribution in [-0.4, -0.2) is 52.7 Å². The molecule has 0 bridgehead atoms. The standard InChI is InChI=1S/C22H28N4O4/c1-25(22(30)23-15-7-3-2-4-8-15)21(29)16-9-5-6-14-12-26(13-17(14)16)18-10-11-19(27)24-20(18)28/h5-6,9,15,18H,2-4,7-8,10-13H2,1H3,(H,23,30)(H,24,27,28). The molecule has 30 heavy (non-hydrogen) atoms. The van der Waals surface area contributed by atoms with E-state index in [1.54, 1.807) is 6.07 Å². The smallest absolute Gasteiger partial charge is 0.324 e. The summed E-state index contributed by atoms with van der Waals surface area (Å²) in [6.45, 7) is 0.988. The predicted octanol–water partition coefficient (Wildman–Crippen LogP) is 1.92. The number of nitrogens with zero attached hydrogens (tertiary/aromatic N) is 2. The van der Waals surface area contributed by atoms with Crippen molar-refractivity contribution in [3.05, 3.63) is 34.9 Å². The maximum atomic E-state index is 13.1. The van der Waals surface area contributed by atoms with E-state index in [-0.39, 0.29) is 35.8 Å². The largest absolute Gasteiger partial charge is 0.335 e. The number of amides is 5. The number of hydrogen-bond acceptors (Lipinski definition) is 5. The van der Waals surface area contributed by atoms with Crippen LogP contribution in [0.1, 0.15) is 66.4 Å². The molecule has 8 nitrogen and oxygen atoms in total. The molecule has 5 amide bonds. The fourth-order valence-corrected chi connectivity index (χ4v) is 4.69. The Morgan fingerprint density at radius 3 is 2.60 bits per heavy atom. The Morgan fingerprint density at radius 2 is 1.87 bits per heavy atom. The highest BCUT2D eigenvalue weighted by molar-refractivity contribution is 6.05. The number of fused-ring (bicyclic) bond motifs is 1. The molecular weight excluding hydrogens is 384 g/mol. The first-order valence-electron chi connectivity index (χ1n) is 10.7. The van der Waals surface area contributed by atoms with Gasteiger partial charge in [0.05, 0.1) is 6.04 Å². The molecule has 2 heterocycles. The number of urea groups is 1. The molecule has 1 saturated heterocycles. The van der Waals surface area contributed by atoms with Crippen molar-refractivity contribution in [1.82, 2.24) is 20.4 Å². The van der Waals surface area contributed by atoms with Gasteiger partial charge in [0.1, 0.15) is 0 Å². The third-order valence-electron chi connectivity index (χ3n) is 6.43. The number of carbonyl (C=O) groups is 4. The van der Waals surface area contributed by atoms with Crippen LogP contribution >= 0.6 is 0 Å². The summed E-state index contributed by atoms with van der Waals surface area (Å²) < 4.78 is 0. The normalized spacial score (nSPS) is 22.4. The minimum absolute atomic E-state index is 0.131. The highest BCUT2D eigenvalue weighted by atomic mass is 16.2. The average Bonchev–Trinajstić information content (AvgIpc) is 3.17. The maximum absolute atomic E-state index is 13.1. The molecule has 1 saturated carbocycles. The van der Waals surface area contributed by atoms with E-state index >= 15 is 0 Å². The Labute approximate surface area is 176 Å². The Balaban J connectivity index is 1.46. The minimum atomic E-state index is -0.384. The molecule has 1 atom stereocenters. The number of piperidine rings is 1. The molecule has 1 aromatic carbocycles. The van der Waals surface area contributed by atoms with E-state index in [0.29, 0.717) is 31.5 Å². The van der Waals surface area contributed by atoms with Crippen molar-refractivity contribution in [3.8, 4) is 0 Å². The quantitative estimate of drug-likeness (QED) is 0.739.